The number of H-pyrrole nitrogens is 1. The van der Waals surface area contributed by atoms with E-state index in [2.05, 4.69) is 9.88 Å². The number of aldehydes is 1. The summed E-state index contributed by atoms with van der Waals surface area (Å²) >= 11 is 0. The zero-order chi connectivity index (χ0) is 23.7. The second-order valence-electron chi connectivity index (χ2n) is 9.87. The molecule has 5 unspecified atom stereocenters. The Balaban J connectivity index is 1.49. The number of nitrogens with zero attached hydrogens (tertiary/aromatic N) is 1. The van der Waals surface area contributed by atoms with Gasteiger partial charge in [-0.05, 0) is 61.1 Å². The van der Waals surface area contributed by atoms with Crippen molar-refractivity contribution in [3.8, 4) is 0 Å². The van der Waals surface area contributed by atoms with Crippen LogP contribution in [-0.4, -0.2) is 46.4 Å². The van der Waals surface area contributed by atoms with Gasteiger partial charge in [0.2, 0.25) is 0 Å². The zero-order valence-corrected chi connectivity index (χ0v) is 19.2. The van der Waals surface area contributed by atoms with Gasteiger partial charge in [0.1, 0.15) is 12.1 Å². The third-order valence-corrected chi connectivity index (χ3v) is 8.03. The van der Waals surface area contributed by atoms with E-state index in [9.17, 15) is 19.1 Å². The third-order valence-electron chi connectivity index (χ3n) is 8.03. The minimum absolute atomic E-state index is 0.151. The van der Waals surface area contributed by atoms with Crippen molar-refractivity contribution < 1.29 is 19.1 Å². The van der Waals surface area contributed by atoms with Crippen LogP contribution in [0.4, 0.5) is 4.39 Å². The number of nitrogens with one attached hydrogen (secondary N) is 1. The van der Waals surface area contributed by atoms with E-state index in [1.165, 1.54) is 12.1 Å². The van der Waals surface area contributed by atoms with Gasteiger partial charge >= 0.3 is 5.97 Å². The van der Waals surface area contributed by atoms with Crippen molar-refractivity contribution >= 4 is 23.2 Å². The lowest BCUT2D eigenvalue weighted by atomic mass is 9.71. The summed E-state index contributed by atoms with van der Waals surface area (Å²) in [7, 11) is 0. The number of likely N-dealkylation sites (tertiary alicyclic amines) is 1. The number of hydrogen-bond donors (Lipinski definition) is 2. The van der Waals surface area contributed by atoms with Gasteiger partial charge in [-0.1, -0.05) is 43.2 Å². The molecule has 0 amide bonds. The predicted octanol–water partition coefficient (Wildman–Crippen LogP) is 5.22. The molecule has 1 aliphatic heterocycles. The zero-order valence-electron chi connectivity index (χ0n) is 19.2. The lowest BCUT2D eigenvalue weighted by molar-refractivity contribution is -0.148. The molecule has 5 nitrogen and oxygen atoms in total. The number of halogens is 1. The van der Waals surface area contributed by atoms with E-state index in [1.807, 2.05) is 36.5 Å². The Morgan fingerprint density at radius 1 is 1.15 bits per heavy atom. The van der Waals surface area contributed by atoms with Crippen molar-refractivity contribution in [3.05, 3.63) is 71.7 Å². The molecule has 6 heteroatoms. The SMILES string of the molecule is O=CC(CN1CCC(C(=O)O)C2CCCCC21)C(c1ccccc1)c1c[nH]c2cc(F)ccc12. The van der Waals surface area contributed by atoms with Crippen LogP contribution < -0.4 is 0 Å². The molecule has 1 aromatic heterocycles. The summed E-state index contributed by atoms with van der Waals surface area (Å²) < 4.78 is 13.8. The Labute approximate surface area is 199 Å². The molecule has 1 aliphatic carbocycles. The summed E-state index contributed by atoms with van der Waals surface area (Å²) in [6, 6.07) is 14.9. The van der Waals surface area contributed by atoms with Crippen LogP contribution in [0.5, 0.6) is 0 Å². The molecule has 5 atom stereocenters. The second-order valence-corrected chi connectivity index (χ2v) is 9.87. The van der Waals surface area contributed by atoms with E-state index >= 15 is 0 Å². The minimum Gasteiger partial charge on any atom is -0.481 e. The fraction of sp³-hybridized carbons (Fsp3) is 0.429. The first kappa shape index (κ1) is 22.8. The number of carbonyl (C=O) groups excluding carboxylic acids is 1. The number of carbonyl (C=O) groups is 2. The van der Waals surface area contributed by atoms with Crippen molar-refractivity contribution in [3.63, 3.8) is 0 Å². The van der Waals surface area contributed by atoms with Crippen LogP contribution in [-0.2, 0) is 9.59 Å². The molecule has 34 heavy (non-hydrogen) atoms. The molecule has 5 rings (SSSR count). The number of aromatic amines is 1. The maximum absolute atomic E-state index is 13.8. The van der Waals surface area contributed by atoms with E-state index in [-0.39, 0.29) is 35.5 Å². The highest BCUT2D eigenvalue weighted by molar-refractivity contribution is 5.85. The monoisotopic (exact) mass is 462 g/mol. The Morgan fingerprint density at radius 3 is 2.71 bits per heavy atom. The molecule has 2 aliphatic rings. The number of aromatic nitrogens is 1. The number of hydrogen-bond acceptors (Lipinski definition) is 3. The first-order chi connectivity index (χ1) is 16.6. The Morgan fingerprint density at radius 2 is 1.94 bits per heavy atom. The summed E-state index contributed by atoms with van der Waals surface area (Å²) in [5.41, 5.74) is 2.75. The lowest BCUT2D eigenvalue weighted by Crippen LogP contribution is -2.53. The van der Waals surface area contributed by atoms with Gasteiger partial charge in [0.15, 0.2) is 0 Å². The number of piperidine rings is 1. The molecule has 2 heterocycles. The maximum atomic E-state index is 13.8. The Bertz CT molecular complexity index is 1160. The van der Waals surface area contributed by atoms with Crippen molar-refractivity contribution in [2.24, 2.45) is 17.8 Å². The number of benzene rings is 2. The average molecular weight is 463 g/mol. The van der Waals surface area contributed by atoms with Crippen molar-refractivity contribution in [2.45, 2.75) is 44.1 Å². The highest BCUT2D eigenvalue weighted by Crippen LogP contribution is 2.42. The quantitative estimate of drug-likeness (QED) is 0.472. The van der Waals surface area contributed by atoms with Gasteiger partial charge in [0.25, 0.3) is 0 Å². The van der Waals surface area contributed by atoms with Crippen LogP contribution in [0.25, 0.3) is 10.9 Å². The number of carboxylic acids is 1. The van der Waals surface area contributed by atoms with E-state index in [0.29, 0.717) is 19.5 Å². The molecular formula is C28H31FN2O3. The highest BCUT2D eigenvalue weighted by Gasteiger charge is 2.43. The maximum Gasteiger partial charge on any atom is 0.306 e. The van der Waals surface area contributed by atoms with Gasteiger partial charge in [-0.2, -0.15) is 0 Å². The summed E-state index contributed by atoms with van der Waals surface area (Å²) in [4.78, 5) is 30.1. The van der Waals surface area contributed by atoms with Gasteiger partial charge in [-0.25, -0.2) is 4.39 Å². The van der Waals surface area contributed by atoms with Crippen molar-refractivity contribution in [1.29, 1.82) is 0 Å². The van der Waals surface area contributed by atoms with Crippen LogP contribution in [0.3, 0.4) is 0 Å². The normalized spacial score (nSPS) is 24.9. The van der Waals surface area contributed by atoms with Crippen LogP contribution in [0.15, 0.2) is 54.7 Å². The van der Waals surface area contributed by atoms with Crippen LogP contribution >= 0.6 is 0 Å². The molecule has 0 radical (unpaired) electrons. The molecule has 178 valence electrons. The molecule has 3 aromatic rings. The average Bonchev–Trinajstić information content (AvgIpc) is 3.26. The Hall–Kier alpha value is -2.99. The lowest BCUT2D eigenvalue weighted by Gasteiger charge is -2.48. The molecular weight excluding hydrogens is 431 g/mol. The number of carboxylic acid groups (broad SMARTS) is 1. The number of aliphatic carboxylic acids is 1. The van der Waals surface area contributed by atoms with Gasteiger partial charge in [-0.15, -0.1) is 0 Å². The summed E-state index contributed by atoms with van der Waals surface area (Å²) in [6.45, 7) is 1.29. The second kappa shape index (κ2) is 9.71. The fourth-order valence-corrected chi connectivity index (χ4v) is 6.47. The van der Waals surface area contributed by atoms with Crippen LogP contribution in [0, 0.1) is 23.6 Å². The minimum atomic E-state index is -0.684. The summed E-state index contributed by atoms with van der Waals surface area (Å²) in [5, 5.41) is 10.7. The predicted molar refractivity (Wildman–Crippen MR) is 129 cm³/mol. The van der Waals surface area contributed by atoms with Crippen molar-refractivity contribution in [1.82, 2.24) is 9.88 Å². The van der Waals surface area contributed by atoms with E-state index in [1.54, 1.807) is 6.07 Å². The summed E-state index contributed by atoms with van der Waals surface area (Å²) in [5.74, 6) is -1.61. The first-order valence-electron chi connectivity index (χ1n) is 12.3. The van der Waals surface area contributed by atoms with Gasteiger partial charge in [0, 0.05) is 41.5 Å². The highest BCUT2D eigenvalue weighted by atomic mass is 19.1. The van der Waals surface area contributed by atoms with Crippen LogP contribution in [0.1, 0.15) is 49.1 Å². The number of rotatable bonds is 7. The topological polar surface area (TPSA) is 73.4 Å². The molecule has 0 bridgehead atoms. The third kappa shape index (κ3) is 4.27. The van der Waals surface area contributed by atoms with Crippen molar-refractivity contribution in [2.75, 3.05) is 13.1 Å². The smallest absolute Gasteiger partial charge is 0.306 e. The molecule has 1 saturated heterocycles. The van der Waals surface area contributed by atoms with Gasteiger partial charge in [-0.3, -0.25) is 9.69 Å². The first-order valence-corrected chi connectivity index (χ1v) is 12.3. The largest absolute Gasteiger partial charge is 0.481 e. The molecule has 1 saturated carbocycles. The summed E-state index contributed by atoms with van der Waals surface area (Å²) in [6.07, 6.45) is 7.70. The Kier molecular flexibility index (Phi) is 6.50. The van der Waals surface area contributed by atoms with E-state index in [4.69, 9.17) is 0 Å². The van der Waals surface area contributed by atoms with Gasteiger partial charge in [0.05, 0.1) is 5.92 Å². The number of fused-ring (bicyclic) bond motifs is 2. The fourth-order valence-electron chi connectivity index (χ4n) is 6.47. The standard InChI is InChI=1S/C28H31FN2O3/c29-20-10-11-21-24(15-30-25(21)14-20)27(18-6-2-1-3-7-18)19(17-32)16-31-13-12-23(28(33)34)22-8-4-5-9-26(22)31/h1-3,6-7,10-11,14-15,17,19,22-23,26-27,30H,4-5,8-9,12-13,16H2,(H,33,34). The molecule has 2 fully saturated rings. The van der Waals surface area contributed by atoms with E-state index < -0.39 is 5.97 Å². The van der Waals surface area contributed by atoms with Gasteiger partial charge < -0.3 is 14.9 Å². The molecule has 0 spiro atoms. The molecule has 2 N–H and O–H groups in total. The van der Waals surface area contributed by atoms with Crippen LogP contribution in [0.2, 0.25) is 0 Å². The van der Waals surface area contributed by atoms with E-state index in [0.717, 1.165) is 54.0 Å². The molecule has 2 aromatic carbocycles.